The van der Waals surface area contributed by atoms with Gasteiger partial charge in [0, 0.05) is 23.7 Å². The molecule has 0 aromatic carbocycles. The molecule has 0 spiro atoms. The number of Topliss-reactive ketones (excluding diaryl/α,β-unsaturated/α-hetero) is 1. The lowest BCUT2D eigenvalue weighted by Crippen LogP contribution is -2.33. The van der Waals surface area contributed by atoms with Crippen LogP contribution < -0.4 is 10.6 Å². The molecule has 0 atom stereocenters. The van der Waals surface area contributed by atoms with Crippen LogP contribution >= 0.6 is 0 Å². The second-order valence-corrected chi connectivity index (χ2v) is 2.36. The average molecular weight is 160 g/mol. The molecule has 4 nitrogen and oxygen atoms in total. The lowest BCUT2D eigenvalue weighted by atomic mass is 10.2. The number of rotatable bonds is 0. The molecule has 2 rings (SSSR count). The van der Waals surface area contributed by atoms with Crippen LogP contribution in [0.2, 0.25) is 0 Å². The van der Waals surface area contributed by atoms with Crippen LogP contribution in [0.25, 0.3) is 6.08 Å². The van der Waals surface area contributed by atoms with E-state index >= 15 is 0 Å². The molecule has 1 aliphatic rings. The summed E-state index contributed by atoms with van der Waals surface area (Å²) >= 11 is 0. The van der Waals surface area contributed by atoms with Crippen molar-refractivity contribution in [2.45, 2.75) is 0 Å². The lowest BCUT2D eigenvalue weighted by Gasteiger charge is -1.94. The lowest BCUT2D eigenvalue weighted by molar-refractivity contribution is -0.132. The van der Waals surface area contributed by atoms with E-state index in [-0.39, 0.29) is 0 Å². The quantitative estimate of drug-likeness (QED) is 0.438. The molecule has 58 valence electrons. The van der Waals surface area contributed by atoms with E-state index in [1.165, 1.54) is 18.5 Å². The minimum atomic E-state index is -0.714. The summed E-state index contributed by atoms with van der Waals surface area (Å²) in [5.74, 6) is -1.30. The average Bonchev–Trinajstić information content (AvgIpc) is 2.07. The Balaban J connectivity index is 2.87. The Hall–Kier alpha value is -1.84. The van der Waals surface area contributed by atoms with Crippen molar-refractivity contribution in [3.63, 3.8) is 0 Å². The Bertz CT molecular complexity index is 431. The van der Waals surface area contributed by atoms with E-state index < -0.39 is 11.7 Å². The van der Waals surface area contributed by atoms with Gasteiger partial charge in [-0.15, -0.1) is 0 Å². The third kappa shape index (κ3) is 0.934. The summed E-state index contributed by atoms with van der Waals surface area (Å²) in [5, 5.41) is 1.11. The molecule has 0 N–H and O–H groups in total. The fourth-order valence-corrected chi connectivity index (χ4v) is 0.980. The first-order chi connectivity index (χ1) is 5.77. The van der Waals surface area contributed by atoms with Crippen molar-refractivity contribution in [3.05, 3.63) is 29.0 Å². The van der Waals surface area contributed by atoms with E-state index in [2.05, 4.69) is 9.98 Å². The standard InChI is InChI=1S/C8H4N2O2/c11-7-3-5-4-9-2-1-6(5)10-8(7)12/h1-4H. The molecule has 0 fully saturated rings. The Morgan fingerprint density at radius 3 is 2.92 bits per heavy atom. The van der Waals surface area contributed by atoms with Crippen molar-refractivity contribution in [1.29, 1.82) is 0 Å². The molecule has 0 unspecified atom stereocenters. The first-order valence-electron chi connectivity index (χ1n) is 3.36. The van der Waals surface area contributed by atoms with Crippen LogP contribution in [0.5, 0.6) is 0 Å². The molecule has 4 heteroatoms. The molecule has 1 aromatic heterocycles. The smallest absolute Gasteiger partial charge is 0.284 e. The predicted molar refractivity (Wildman–Crippen MR) is 39.5 cm³/mol. The van der Waals surface area contributed by atoms with Gasteiger partial charge in [-0.05, 0) is 6.07 Å². The van der Waals surface area contributed by atoms with Gasteiger partial charge in [-0.25, -0.2) is 4.99 Å². The Morgan fingerprint density at radius 1 is 1.25 bits per heavy atom. The zero-order valence-electron chi connectivity index (χ0n) is 6.02. The zero-order valence-corrected chi connectivity index (χ0v) is 6.02. The molecule has 1 aliphatic heterocycles. The largest absolute Gasteiger partial charge is 0.317 e. The highest BCUT2D eigenvalue weighted by Gasteiger charge is 2.12. The highest BCUT2D eigenvalue weighted by Crippen LogP contribution is 1.83. The van der Waals surface area contributed by atoms with Gasteiger partial charge in [-0.1, -0.05) is 0 Å². The third-order valence-corrected chi connectivity index (χ3v) is 1.55. The van der Waals surface area contributed by atoms with E-state index in [1.807, 2.05) is 0 Å². The van der Waals surface area contributed by atoms with Crippen molar-refractivity contribution in [2.24, 2.45) is 4.99 Å². The monoisotopic (exact) mass is 160 g/mol. The van der Waals surface area contributed by atoms with Crippen molar-refractivity contribution in [1.82, 2.24) is 4.98 Å². The molecular weight excluding hydrogens is 156 g/mol. The number of fused-ring (bicyclic) bond motifs is 1. The number of pyridine rings is 1. The van der Waals surface area contributed by atoms with E-state index in [0.717, 1.165) is 0 Å². The summed E-state index contributed by atoms with van der Waals surface area (Å²) in [6.45, 7) is 0. The summed E-state index contributed by atoms with van der Waals surface area (Å²) in [5.41, 5.74) is 0. The summed E-state index contributed by atoms with van der Waals surface area (Å²) in [4.78, 5) is 29.0. The van der Waals surface area contributed by atoms with E-state index in [4.69, 9.17) is 0 Å². The van der Waals surface area contributed by atoms with Crippen LogP contribution in [-0.2, 0) is 9.59 Å². The van der Waals surface area contributed by atoms with Crippen LogP contribution in [0.3, 0.4) is 0 Å². The molecule has 1 aromatic rings. The number of nitrogens with zero attached hydrogens (tertiary/aromatic N) is 2. The Labute approximate surface area is 67.3 Å². The highest BCUT2D eigenvalue weighted by atomic mass is 16.2. The summed E-state index contributed by atoms with van der Waals surface area (Å²) in [6, 6.07) is 1.59. The topological polar surface area (TPSA) is 59.4 Å². The minimum absolute atomic E-state index is 0.509. The van der Waals surface area contributed by atoms with Crippen molar-refractivity contribution < 1.29 is 9.59 Å². The van der Waals surface area contributed by atoms with Gasteiger partial charge in [0.15, 0.2) is 0 Å². The highest BCUT2D eigenvalue weighted by molar-refractivity contribution is 6.48. The summed E-state index contributed by atoms with van der Waals surface area (Å²) in [6.07, 6.45) is 4.28. The number of hydrogen-bond acceptors (Lipinski definition) is 3. The number of ketones is 1. The van der Waals surface area contributed by atoms with Gasteiger partial charge in [0.2, 0.25) is 5.78 Å². The molecule has 0 saturated carbocycles. The van der Waals surface area contributed by atoms with Crippen molar-refractivity contribution >= 4 is 17.8 Å². The van der Waals surface area contributed by atoms with E-state index in [9.17, 15) is 9.59 Å². The molecule has 2 heterocycles. The van der Waals surface area contributed by atoms with Crippen LogP contribution in [-0.4, -0.2) is 16.7 Å². The molecule has 0 saturated heterocycles. The van der Waals surface area contributed by atoms with Gasteiger partial charge in [0.1, 0.15) is 0 Å². The SMILES string of the molecule is O=C1C=c2cnccc2=NC1=O. The molecule has 0 bridgehead atoms. The van der Waals surface area contributed by atoms with Gasteiger partial charge < -0.3 is 0 Å². The number of hydrogen-bond donors (Lipinski definition) is 0. The molecule has 1 amide bonds. The van der Waals surface area contributed by atoms with Crippen LogP contribution in [0.1, 0.15) is 0 Å². The molecular formula is C8H4N2O2. The zero-order chi connectivity index (χ0) is 8.55. The normalized spacial score (nSPS) is 14.7. The summed E-state index contributed by atoms with van der Waals surface area (Å²) in [7, 11) is 0. The van der Waals surface area contributed by atoms with Crippen LogP contribution in [0.4, 0.5) is 0 Å². The van der Waals surface area contributed by atoms with Gasteiger partial charge in [0.25, 0.3) is 0 Å². The second-order valence-electron chi connectivity index (χ2n) is 2.36. The van der Waals surface area contributed by atoms with Crippen LogP contribution in [0, 0.1) is 0 Å². The van der Waals surface area contributed by atoms with Gasteiger partial charge >= 0.3 is 5.91 Å². The first-order valence-corrected chi connectivity index (χ1v) is 3.36. The van der Waals surface area contributed by atoms with Crippen molar-refractivity contribution in [3.8, 4) is 0 Å². The third-order valence-electron chi connectivity index (χ3n) is 1.55. The fourth-order valence-electron chi connectivity index (χ4n) is 0.980. The number of carbonyl (C=O) groups is 2. The van der Waals surface area contributed by atoms with Gasteiger partial charge in [-0.2, -0.15) is 0 Å². The number of aromatic nitrogens is 1. The van der Waals surface area contributed by atoms with E-state index in [1.54, 1.807) is 6.07 Å². The van der Waals surface area contributed by atoms with Crippen LogP contribution in [0.15, 0.2) is 23.5 Å². The first kappa shape index (κ1) is 6.84. The predicted octanol–water partition coefficient (Wildman–Crippen LogP) is -1.41. The van der Waals surface area contributed by atoms with E-state index in [0.29, 0.717) is 10.6 Å². The Kier molecular flexibility index (Phi) is 1.33. The Morgan fingerprint density at radius 2 is 2.08 bits per heavy atom. The van der Waals surface area contributed by atoms with Gasteiger partial charge in [-0.3, -0.25) is 14.6 Å². The minimum Gasteiger partial charge on any atom is -0.284 e. The second kappa shape index (κ2) is 2.34. The maximum atomic E-state index is 10.8. The van der Waals surface area contributed by atoms with Gasteiger partial charge in [0.05, 0.1) is 5.36 Å². The number of carbonyl (C=O) groups excluding carboxylic acids is 2. The number of amides is 1. The van der Waals surface area contributed by atoms with Crippen molar-refractivity contribution in [2.75, 3.05) is 0 Å². The summed E-state index contributed by atoms with van der Waals surface area (Å²) < 4.78 is 0. The fraction of sp³-hybridized carbons (Fsp3) is 0. The molecule has 12 heavy (non-hydrogen) atoms. The molecule has 0 radical (unpaired) electrons. The molecule has 0 aliphatic carbocycles. The maximum absolute atomic E-state index is 10.8. The maximum Gasteiger partial charge on any atom is 0.317 e.